The molecule has 0 radical (unpaired) electrons. The minimum Gasteiger partial charge on any atom is -0.486 e. The highest BCUT2D eigenvalue weighted by Gasteiger charge is 2.41. The predicted octanol–water partition coefficient (Wildman–Crippen LogP) is 1.98. The van der Waals surface area contributed by atoms with Gasteiger partial charge < -0.3 is 14.4 Å². The van der Waals surface area contributed by atoms with Gasteiger partial charge in [-0.05, 0) is 12.1 Å². The van der Waals surface area contributed by atoms with Gasteiger partial charge in [0.05, 0.1) is 0 Å². The monoisotopic (exact) mass is 261 g/mol. The van der Waals surface area contributed by atoms with Gasteiger partial charge in [-0.3, -0.25) is 4.79 Å². The first-order valence-corrected chi connectivity index (χ1v) is 5.14. The third-order valence-corrected chi connectivity index (χ3v) is 2.46. The Kier molecular flexibility index (Phi) is 3.06. The Hall–Kier alpha value is -1.92. The molecule has 0 saturated heterocycles. The van der Waals surface area contributed by atoms with Crippen LogP contribution in [0.4, 0.5) is 18.9 Å². The molecule has 0 saturated carbocycles. The van der Waals surface area contributed by atoms with Crippen LogP contribution in [0.2, 0.25) is 0 Å². The molecule has 0 aromatic heterocycles. The number of anilines is 1. The van der Waals surface area contributed by atoms with E-state index in [1.165, 1.54) is 18.2 Å². The highest BCUT2D eigenvalue weighted by molar-refractivity contribution is 5.97. The average molecular weight is 261 g/mol. The number of alkyl halides is 3. The fraction of sp³-hybridized carbons (Fsp3) is 0.364. The van der Waals surface area contributed by atoms with Gasteiger partial charge in [0.2, 0.25) is 0 Å². The van der Waals surface area contributed by atoms with Crippen LogP contribution in [0.15, 0.2) is 18.2 Å². The number of carbonyl (C=O) groups excluding carboxylic acids is 1. The molecular formula is C11H10F3NO3. The number of nitrogens with zero attached hydrogens (tertiary/aromatic N) is 1. The first kappa shape index (κ1) is 12.5. The number of halogens is 3. The Morgan fingerprint density at radius 2 is 1.83 bits per heavy atom. The second-order valence-electron chi connectivity index (χ2n) is 3.69. The van der Waals surface area contributed by atoms with Gasteiger partial charge in [-0.25, -0.2) is 0 Å². The highest BCUT2D eigenvalue weighted by Crippen LogP contribution is 2.34. The van der Waals surface area contributed by atoms with Crippen LogP contribution in [0.3, 0.4) is 0 Å². The maximum atomic E-state index is 12.3. The van der Waals surface area contributed by atoms with Crippen LogP contribution in [0, 0.1) is 0 Å². The molecule has 98 valence electrons. The number of fused-ring (bicyclic) bond motifs is 1. The molecule has 0 N–H and O–H groups in total. The van der Waals surface area contributed by atoms with Gasteiger partial charge in [0.25, 0.3) is 0 Å². The Morgan fingerprint density at radius 3 is 2.44 bits per heavy atom. The summed E-state index contributed by atoms with van der Waals surface area (Å²) in [5, 5.41) is 0. The van der Waals surface area contributed by atoms with Crippen LogP contribution in [-0.4, -0.2) is 32.3 Å². The molecule has 0 aliphatic carbocycles. The molecule has 1 aliphatic rings. The molecule has 1 amide bonds. The van der Waals surface area contributed by atoms with Gasteiger partial charge in [-0.2, -0.15) is 13.2 Å². The Balaban J connectivity index is 2.26. The quantitative estimate of drug-likeness (QED) is 0.776. The van der Waals surface area contributed by atoms with Gasteiger partial charge in [-0.15, -0.1) is 0 Å². The minimum absolute atomic E-state index is 0.0987. The maximum Gasteiger partial charge on any atom is 0.471 e. The van der Waals surface area contributed by atoms with E-state index in [1.54, 1.807) is 0 Å². The van der Waals surface area contributed by atoms with Crippen LogP contribution in [0.25, 0.3) is 0 Å². The van der Waals surface area contributed by atoms with Crippen molar-refractivity contribution in [3.05, 3.63) is 18.2 Å². The van der Waals surface area contributed by atoms with E-state index in [9.17, 15) is 18.0 Å². The number of hydrogen-bond donors (Lipinski definition) is 0. The highest BCUT2D eigenvalue weighted by atomic mass is 19.4. The molecule has 0 spiro atoms. The van der Waals surface area contributed by atoms with E-state index in [0.29, 0.717) is 29.6 Å². The number of amides is 1. The maximum absolute atomic E-state index is 12.3. The Morgan fingerprint density at radius 1 is 1.22 bits per heavy atom. The molecule has 1 aromatic rings. The first-order chi connectivity index (χ1) is 8.39. The summed E-state index contributed by atoms with van der Waals surface area (Å²) in [5.41, 5.74) is 0.0987. The summed E-state index contributed by atoms with van der Waals surface area (Å²) in [6.07, 6.45) is -4.90. The van der Waals surface area contributed by atoms with Crippen molar-refractivity contribution in [3.63, 3.8) is 0 Å². The molecule has 1 aliphatic heterocycles. The normalized spacial score (nSPS) is 14.2. The second kappa shape index (κ2) is 4.40. The number of rotatable bonds is 1. The molecule has 2 rings (SSSR count). The topological polar surface area (TPSA) is 38.8 Å². The van der Waals surface area contributed by atoms with E-state index in [4.69, 9.17) is 9.47 Å². The molecule has 0 fully saturated rings. The molecule has 7 heteroatoms. The van der Waals surface area contributed by atoms with Gasteiger partial charge in [0, 0.05) is 18.8 Å². The zero-order valence-corrected chi connectivity index (χ0v) is 9.45. The molecule has 0 unspecified atom stereocenters. The van der Waals surface area contributed by atoms with Crippen LogP contribution < -0.4 is 14.4 Å². The summed E-state index contributed by atoms with van der Waals surface area (Å²) in [4.78, 5) is 11.6. The lowest BCUT2D eigenvalue weighted by molar-refractivity contribution is -0.170. The van der Waals surface area contributed by atoms with E-state index in [1.807, 2.05) is 0 Å². The fourth-order valence-corrected chi connectivity index (χ4v) is 1.55. The lowest BCUT2D eigenvalue weighted by Gasteiger charge is -2.22. The van der Waals surface area contributed by atoms with E-state index in [-0.39, 0.29) is 5.69 Å². The van der Waals surface area contributed by atoms with Crippen molar-refractivity contribution in [1.29, 1.82) is 0 Å². The number of hydrogen-bond acceptors (Lipinski definition) is 3. The summed E-state index contributed by atoms with van der Waals surface area (Å²) in [7, 11) is 1.06. The van der Waals surface area contributed by atoms with Gasteiger partial charge in [0.15, 0.2) is 11.5 Å². The van der Waals surface area contributed by atoms with Crippen LogP contribution >= 0.6 is 0 Å². The summed E-state index contributed by atoms with van der Waals surface area (Å²) >= 11 is 0. The molecule has 4 nitrogen and oxygen atoms in total. The van der Waals surface area contributed by atoms with Crippen molar-refractivity contribution in [2.75, 3.05) is 25.2 Å². The first-order valence-electron chi connectivity index (χ1n) is 5.14. The van der Waals surface area contributed by atoms with E-state index >= 15 is 0 Å². The summed E-state index contributed by atoms with van der Waals surface area (Å²) in [6, 6.07) is 4.19. The molecule has 1 aromatic carbocycles. The van der Waals surface area contributed by atoms with Gasteiger partial charge >= 0.3 is 12.1 Å². The fourth-order valence-electron chi connectivity index (χ4n) is 1.55. The number of benzene rings is 1. The summed E-state index contributed by atoms with van der Waals surface area (Å²) in [6.45, 7) is 0.719. The smallest absolute Gasteiger partial charge is 0.471 e. The van der Waals surface area contributed by atoms with Crippen LogP contribution in [0.5, 0.6) is 11.5 Å². The van der Waals surface area contributed by atoms with E-state index in [0.717, 1.165) is 7.05 Å². The van der Waals surface area contributed by atoms with Crippen molar-refractivity contribution >= 4 is 11.6 Å². The summed E-state index contributed by atoms with van der Waals surface area (Å²) < 4.78 is 47.3. The van der Waals surface area contributed by atoms with Crippen LogP contribution in [0.1, 0.15) is 0 Å². The Labute approximate surface area is 101 Å². The average Bonchev–Trinajstić information content (AvgIpc) is 2.35. The molecule has 1 heterocycles. The SMILES string of the molecule is CN(C(=O)C(F)(F)F)c1ccc2c(c1)OCCO2. The third kappa shape index (κ3) is 2.34. The predicted molar refractivity (Wildman–Crippen MR) is 56.9 cm³/mol. The lowest BCUT2D eigenvalue weighted by atomic mass is 10.2. The summed E-state index contributed by atoms with van der Waals surface area (Å²) in [5.74, 6) is -1.14. The third-order valence-electron chi connectivity index (χ3n) is 2.46. The van der Waals surface area contributed by atoms with Crippen molar-refractivity contribution in [3.8, 4) is 11.5 Å². The second-order valence-corrected chi connectivity index (χ2v) is 3.69. The van der Waals surface area contributed by atoms with Crippen molar-refractivity contribution in [2.24, 2.45) is 0 Å². The van der Waals surface area contributed by atoms with Crippen molar-refractivity contribution in [2.45, 2.75) is 6.18 Å². The lowest BCUT2D eigenvalue weighted by Crippen LogP contribution is -2.38. The molecule has 0 bridgehead atoms. The molecular weight excluding hydrogens is 251 g/mol. The Bertz CT molecular complexity index is 473. The van der Waals surface area contributed by atoms with E-state index < -0.39 is 12.1 Å². The zero-order chi connectivity index (χ0) is 13.3. The van der Waals surface area contributed by atoms with E-state index in [2.05, 4.69) is 0 Å². The zero-order valence-electron chi connectivity index (χ0n) is 9.45. The van der Waals surface area contributed by atoms with Crippen molar-refractivity contribution in [1.82, 2.24) is 0 Å². The van der Waals surface area contributed by atoms with Crippen molar-refractivity contribution < 1.29 is 27.4 Å². The standard InChI is InChI=1S/C11H10F3NO3/c1-15(10(16)11(12,13)14)7-2-3-8-9(6-7)18-5-4-17-8/h2-3,6H,4-5H2,1H3. The minimum atomic E-state index is -4.90. The number of carbonyl (C=O) groups is 1. The number of ether oxygens (including phenoxy) is 2. The van der Waals surface area contributed by atoms with Gasteiger partial charge in [-0.1, -0.05) is 0 Å². The van der Waals surface area contributed by atoms with Gasteiger partial charge in [0.1, 0.15) is 13.2 Å². The molecule has 0 atom stereocenters. The largest absolute Gasteiger partial charge is 0.486 e. The molecule has 18 heavy (non-hydrogen) atoms. The van der Waals surface area contributed by atoms with Crippen LogP contribution in [-0.2, 0) is 4.79 Å².